The molecule has 0 heterocycles. The summed E-state index contributed by atoms with van der Waals surface area (Å²) in [5, 5.41) is 5.96. The van der Waals surface area contributed by atoms with E-state index in [9.17, 15) is 9.59 Å². The summed E-state index contributed by atoms with van der Waals surface area (Å²) in [5.74, 6) is 0.421. The number of rotatable bonds is 6. The van der Waals surface area contributed by atoms with E-state index >= 15 is 0 Å². The predicted molar refractivity (Wildman–Crippen MR) is 123 cm³/mol. The van der Waals surface area contributed by atoms with Crippen molar-refractivity contribution in [1.82, 2.24) is 5.32 Å². The molecule has 0 aromatic heterocycles. The Morgan fingerprint density at radius 3 is 2.23 bits per heavy atom. The summed E-state index contributed by atoms with van der Waals surface area (Å²) < 4.78 is 6.90. The normalized spacial score (nSPS) is 15.3. The largest absolute Gasteiger partial charge is 0.480 e. The number of anilines is 1. The van der Waals surface area contributed by atoms with E-state index in [-0.39, 0.29) is 17.9 Å². The Kier molecular flexibility index (Phi) is 7.53. The van der Waals surface area contributed by atoms with Gasteiger partial charge < -0.3 is 15.4 Å². The topological polar surface area (TPSA) is 67.4 Å². The molecule has 2 N–H and O–H groups in total. The molecule has 0 saturated heterocycles. The Labute approximate surface area is 186 Å². The van der Waals surface area contributed by atoms with Crippen LogP contribution in [0.3, 0.4) is 0 Å². The molecular weight excluding hydrogens is 444 g/mol. The highest BCUT2D eigenvalue weighted by Crippen LogP contribution is 2.28. The van der Waals surface area contributed by atoms with Gasteiger partial charge in [-0.3, -0.25) is 9.59 Å². The molecule has 0 bridgehead atoms. The molecule has 1 fully saturated rings. The van der Waals surface area contributed by atoms with Gasteiger partial charge in [0.2, 0.25) is 0 Å². The second-order valence-electron chi connectivity index (χ2n) is 8.00. The van der Waals surface area contributed by atoms with E-state index in [2.05, 4.69) is 26.6 Å². The van der Waals surface area contributed by atoms with Gasteiger partial charge in [0.05, 0.1) is 0 Å². The summed E-state index contributed by atoms with van der Waals surface area (Å²) >= 11 is 3.47. The average molecular weight is 473 g/mol. The van der Waals surface area contributed by atoms with Crippen LogP contribution in [0.1, 0.15) is 60.5 Å². The first-order valence-electron chi connectivity index (χ1n) is 10.5. The monoisotopic (exact) mass is 472 g/mol. The van der Waals surface area contributed by atoms with E-state index in [1.807, 2.05) is 26.0 Å². The molecule has 30 heavy (non-hydrogen) atoms. The number of hydrogen-bond acceptors (Lipinski definition) is 3. The standard InChI is InChI=1S/C24H29BrN2O3/c1-15-13-19(25)14-16(2)22(15)30-17(3)23(28)26-21-11-9-18(10-12-21)24(29)27-20-7-5-4-6-8-20/h9-14,17,20H,4-8H2,1-3H3,(H,26,28)(H,27,29). The molecule has 160 valence electrons. The average Bonchev–Trinajstić information content (AvgIpc) is 2.71. The fourth-order valence-electron chi connectivity index (χ4n) is 3.78. The Balaban J connectivity index is 1.56. The first kappa shape index (κ1) is 22.3. The molecule has 0 aliphatic heterocycles. The number of hydrogen-bond donors (Lipinski definition) is 2. The third-order valence-corrected chi connectivity index (χ3v) is 5.90. The molecule has 1 aliphatic carbocycles. The minimum absolute atomic E-state index is 0.0577. The van der Waals surface area contributed by atoms with Crippen molar-refractivity contribution < 1.29 is 14.3 Å². The molecule has 2 amide bonds. The molecule has 2 aromatic rings. The molecule has 1 unspecified atom stereocenters. The van der Waals surface area contributed by atoms with Crippen LogP contribution in [0, 0.1) is 13.8 Å². The summed E-state index contributed by atoms with van der Waals surface area (Å²) in [7, 11) is 0. The van der Waals surface area contributed by atoms with E-state index < -0.39 is 6.10 Å². The number of halogens is 1. The molecule has 6 heteroatoms. The Bertz CT molecular complexity index is 882. The van der Waals surface area contributed by atoms with Crippen molar-refractivity contribution in [1.29, 1.82) is 0 Å². The molecular formula is C24H29BrN2O3. The lowest BCUT2D eigenvalue weighted by Gasteiger charge is -2.22. The lowest BCUT2D eigenvalue weighted by atomic mass is 9.95. The van der Waals surface area contributed by atoms with Crippen molar-refractivity contribution in [3.63, 3.8) is 0 Å². The fourth-order valence-corrected chi connectivity index (χ4v) is 4.46. The zero-order valence-corrected chi connectivity index (χ0v) is 19.3. The van der Waals surface area contributed by atoms with Crippen LogP contribution in [0.5, 0.6) is 5.75 Å². The summed E-state index contributed by atoms with van der Waals surface area (Å²) in [6.45, 7) is 5.63. The van der Waals surface area contributed by atoms with Crippen LogP contribution in [0.25, 0.3) is 0 Å². The number of carbonyl (C=O) groups excluding carboxylic acids is 2. The molecule has 3 rings (SSSR count). The van der Waals surface area contributed by atoms with Crippen LogP contribution >= 0.6 is 15.9 Å². The summed E-state index contributed by atoms with van der Waals surface area (Å²) in [6, 6.07) is 11.2. The van der Waals surface area contributed by atoms with Crippen molar-refractivity contribution in [3.8, 4) is 5.75 Å². The van der Waals surface area contributed by atoms with Gasteiger partial charge in [-0.15, -0.1) is 0 Å². The number of carbonyl (C=O) groups is 2. The van der Waals surface area contributed by atoms with Crippen LogP contribution in [0.4, 0.5) is 5.69 Å². The lowest BCUT2D eigenvalue weighted by Crippen LogP contribution is -2.36. The van der Waals surface area contributed by atoms with Crippen molar-refractivity contribution in [2.24, 2.45) is 0 Å². The first-order valence-corrected chi connectivity index (χ1v) is 11.3. The molecule has 2 aromatic carbocycles. The van der Waals surface area contributed by atoms with Crippen LogP contribution in [0.15, 0.2) is 40.9 Å². The van der Waals surface area contributed by atoms with Crippen molar-refractivity contribution >= 4 is 33.4 Å². The van der Waals surface area contributed by atoms with Crippen LogP contribution in [0.2, 0.25) is 0 Å². The van der Waals surface area contributed by atoms with E-state index in [1.165, 1.54) is 19.3 Å². The zero-order chi connectivity index (χ0) is 21.7. The summed E-state index contributed by atoms with van der Waals surface area (Å²) in [5.41, 5.74) is 3.17. The summed E-state index contributed by atoms with van der Waals surface area (Å²) in [6.07, 6.45) is 5.05. The molecule has 1 saturated carbocycles. The number of amides is 2. The highest BCUT2D eigenvalue weighted by molar-refractivity contribution is 9.10. The van der Waals surface area contributed by atoms with Gasteiger partial charge >= 0.3 is 0 Å². The van der Waals surface area contributed by atoms with E-state index in [1.54, 1.807) is 31.2 Å². The number of aryl methyl sites for hydroxylation is 2. The van der Waals surface area contributed by atoms with Gasteiger partial charge in [-0.05, 0) is 81.1 Å². The number of ether oxygens (including phenoxy) is 1. The second-order valence-corrected chi connectivity index (χ2v) is 8.92. The van der Waals surface area contributed by atoms with Gasteiger partial charge in [-0.2, -0.15) is 0 Å². The minimum atomic E-state index is -0.655. The fraction of sp³-hybridized carbons (Fsp3) is 0.417. The molecule has 1 aliphatic rings. The van der Waals surface area contributed by atoms with Gasteiger partial charge in [0.15, 0.2) is 6.10 Å². The maximum atomic E-state index is 12.6. The molecule has 1 atom stereocenters. The predicted octanol–water partition coefficient (Wildman–Crippen LogP) is 5.53. The van der Waals surface area contributed by atoms with Crippen LogP contribution in [-0.4, -0.2) is 24.0 Å². The van der Waals surface area contributed by atoms with Crippen LogP contribution in [-0.2, 0) is 4.79 Å². The lowest BCUT2D eigenvalue weighted by molar-refractivity contribution is -0.122. The minimum Gasteiger partial charge on any atom is -0.480 e. The highest BCUT2D eigenvalue weighted by Gasteiger charge is 2.19. The van der Waals surface area contributed by atoms with Gasteiger partial charge in [-0.1, -0.05) is 35.2 Å². The molecule has 0 radical (unpaired) electrons. The second kappa shape index (κ2) is 10.1. The summed E-state index contributed by atoms with van der Waals surface area (Å²) in [4.78, 5) is 25.0. The maximum Gasteiger partial charge on any atom is 0.265 e. The quantitative estimate of drug-likeness (QED) is 0.580. The highest BCUT2D eigenvalue weighted by atomic mass is 79.9. The maximum absolute atomic E-state index is 12.6. The Morgan fingerprint density at radius 2 is 1.63 bits per heavy atom. The van der Waals surface area contributed by atoms with Gasteiger partial charge in [0.1, 0.15) is 5.75 Å². The van der Waals surface area contributed by atoms with E-state index in [0.29, 0.717) is 11.3 Å². The van der Waals surface area contributed by atoms with E-state index in [4.69, 9.17) is 4.74 Å². The first-order chi connectivity index (χ1) is 14.3. The number of benzene rings is 2. The molecule has 5 nitrogen and oxygen atoms in total. The third kappa shape index (κ3) is 5.85. The Morgan fingerprint density at radius 1 is 1.03 bits per heavy atom. The Hall–Kier alpha value is -2.34. The van der Waals surface area contributed by atoms with Crippen molar-refractivity contribution in [2.75, 3.05) is 5.32 Å². The van der Waals surface area contributed by atoms with Crippen molar-refractivity contribution in [3.05, 3.63) is 57.6 Å². The zero-order valence-electron chi connectivity index (χ0n) is 17.8. The van der Waals surface area contributed by atoms with Gasteiger partial charge in [0.25, 0.3) is 11.8 Å². The smallest absolute Gasteiger partial charge is 0.265 e. The number of nitrogens with one attached hydrogen (secondary N) is 2. The van der Waals surface area contributed by atoms with Crippen molar-refractivity contribution in [2.45, 2.75) is 65.0 Å². The van der Waals surface area contributed by atoms with E-state index in [0.717, 1.165) is 34.2 Å². The van der Waals surface area contributed by atoms with Crippen LogP contribution < -0.4 is 15.4 Å². The van der Waals surface area contributed by atoms with Gasteiger partial charge in [0, 0.05) is 21.8 Å². The SMILES string of the molecule is Cc1cc(Br)cc(C)c1OC(C)C(=O)Nc1ccc(C(=O)NC2CCCCC2)cc1. The van der Waals surface area contributed by atoms with Gasteiger partial charge in [-0.25, -0.2) is 0 Å². The molecule has 0 spiro atoms. The third-order valence-electron chi connectivity index (χ3n) is 5.44.